The summed E-state index contributed by atoms with van der Waals surface area (Å²) in [7, 11) is 0. The third kappa shape index (κ3) is 5.02. The summed E-state index contributed by atoms with van der Waals surface area (Å²) >= 11 is 0. The second kappa shape index (κ2) is 8.60. The summed E-state index contributed by atoms with van der Waals surface area (Å²) < 4.78 is 0. The molecule has 1 unspecified atom stereocenters. The molecule has 3 rings (SSSR count). The summed E-state index contributed by atoms with van der Waals surface area (Å²) in [5.41, 5.74) is 2.41. The summed E-state index contributed by atoms with van der Waals surface area (Å²) in [6.07, 6.45) is 7.68. The summed E-state index contributed by atoms with van der Waals surface area (Å²) in [6, 6.07) is 14.5. The van der Waals surface area contributed by atoms with Crippen LogP contribution in [0.2, 0.25) is 0 Å². The largest absolute Gasteiger partial charge is 0.508 e. The molecule has 0 fully saturated rings. The molecule has 140 valence electrons. The molecule has 1 atom stereocenters. The quantitative estimate of drug-likeness (QED) is 0.698. The molecule has 0 aliphatic heterocycles. The highest BCUT2D eigenvalue weighted by Gasteiger charge is 2.15. The van der Waals surface area contributed by atoms with Crippen molar-refractivity contribution in [1.82, 2.24) is 4.90 Å². The van der Waals surface area contributed by atoms with Gasteiger partial charge in [0, 0.05) is 36.3 Å². The first kappa shape index (κ1) is 18.8. The van der Waals surface area contributed by atoms with Gasteiger partial charge in [0.25, 0.3) is 0 Å². The van der Waals surface area contributed by atoms with Crippen LogP contribution in [0.3, 0.4) is 0 Å². The van der Waals surface area contributed by atoms with Crippen LogP contribution < -0.4 is 0 Å². The number of aromatic hydroxyl groups is 2. The van der Waals surface area contributed by atoms with Gasteiger partial charge in [-0.05, 0) is 24.1 Å². The van der Waals surface area contributed by atoms with Crippen molar-refractivity contribution in [2.45, 2.75) is 20.0 Å². The van der Waals surface area contributed by atoms with Gasteiger partial charge in [0.15, 0.2) is 0 Å². The number of benzene rings is 2. The molecular formula is C23H25NO3. The fourth-order valence-electron chi connectivity index (χ4n) is 3.08. The number of para-hydroxylation sites is 2. The zero-order chi connectivity index (χ0) is 19.2. The van der Waals surface area contributed by atoms with Gasteiger partial charge in [-0.1, -0.05) is 61.5 Å². The number of hydrogen-bond donors (Lipinski definition) is 3. The van der Waals surface area contributed by atoms with E-state index in [1.54, 1.807) is 30.3 Å². The monoisotopic (exact) mass is 363 g/mol. The molecule has 0 saturated carbocycles. The van der Waals surface area contributed by atoms with E-state index >= 15 is 0 Å². The molecule has 1 aliphatic carbocycles. The maximum atomic E-state index is 10.4. The van der Waals surface area contributed by atoms with E-state index in [0.717, 1.165) is 16.7 Å². The Bertz CT molecular complexity index is 835. The van der Waals surface area contributed by atoms with E-state index in [0.29, 0.717) is 19.6 Å². The van der Waals surface area contributed by atoms with Gasteiger partial charge in [-0.3, -0.25) is 4.90 Å². The van der Waals surface area contributed by atoms with E-state index in [2.05, 4.69) is 11.8 Å². The van der Waals surface area contributed by atoms with E-state index < -0.39 is 0 Å². The lowest BCUT2D eigenvalue weighted by Crippen LogP contribution is -2.25. The van der Waals surface area contributed by atoms with E-state index in [1.807, 2.05) is 42.5 Å². The highest BCUT2D eigenvalue weighted by Crippen LogP contribution is 2.24. The first-order valence-electron chi connectivity index (χ1n) is 9.07. The van der Waals surface area contributed by atoms with Crippen LogP contribution in [0.15, 0.2) is 84.2 Å². The number of allylic oxidation sites excluding steroid dienone is 3. The van der Waals surface area contributed by atoms with E-state index in [1.165, 1.54) is 0 Å². The van der Waals surface area contributed by atoms with Gasteiger partial charge in [-0.2, -0.15) is 0 Å². The lowest BCUT2D eigenvalue weighted by Gasteiger charge is -2.24. The standard InChI is InChI=1S/C23H25NO3/c1-17-10-12-20(23(27)13-11-17)16-24(14-18-6-2-4-8-21(18)25)15-19-7-3-5-9-22(19)26/h2-13,17,25-27H,14-16H2,1H3. The van der Waals surface area contributed by atoms with Gasteiger partial charge in [0.1, 0.15) is 17.3 Å². The van der Waals surface area contributed by atoms with Crippen molar-refractivity contribution in [3.8, 4) is 11.5 Å². The van der Waals surface area contributed by atoms with Crippen LogP contribution in [0.4, 0.5) is 0 Å². The molecule has 0 spiro atoms. The third-order valence-corrected chi connectivity index (χ3v) is 4.65. The third-order valence-electron chi connectivity index (χ3n) is 4.65. The second-order valence-electron chi connectivity index (χ2n) is 6.89. The molecule has 2 aromatic carbocycles. The van der Waals surface area contributed by atoms with E-state index in [-0.39, 0.29) is 23.2 Å². The molecule has 2 aromatic rings. The van der Waals surface area contributed by atoms with E-state index in [9.17, 15) is 15.3 Å². The maximum Gasteiger partial charge on any atom is 0.120 e. The average Bonchev–Trinajstić information content (AvgIpc) is 2.81. The Morgan fingerprint density at radius 1 is 0.741 bits per heavy atom. The average molecular weight is 363 g/mol. The minimum Gasteiger partial charge on any atom is -0.508 e. The Labute approximate surface area is 160 Å². The van der Waals surface area contributed by atoms with Gasteiger partial charge >= 0.3 is 0 Å². The SMILES string of the molecule is CC1C=CC(O)=C(CN(Cc2ccccc2O)Cc2ccccc2O)C=C1. The number of hydrogen-bond acceptors (Lipinski definition) is 4. The van der Waals surface area contributed by atoms with Crippen molar-refractivity contribution in [3.05, 3.63) is 95.3 Å². The zero-order valence-electron chi connectivity index (χ0n) is 15.4. The molecule has 0 bridgehead atoms. The minimum absolute atomic E-state index is 0.239. The molecule has 0 heterocycles. The smallest absolute Gasteiger partial charge is 0.120 e. The Kier molecular flexibility index (Phi) is 5.99. The number of aliphatic hydroxyl groups is 1. The molecule has 0 radical (unpaired) electrons. The molecule has 1 aliphatic rings. The van der Waals surface area contributed by atoms with Gasteiger partial charge in [-0.15, -0.1) is 0 Å². The molecule has 3 N–H and O–H groups in total. The van der Waals surface area contributed by atoms with Crippen molar-refractivity contribution >= 4 is 0 Å². The maximum absolute atomic E-state index is 10.4. The van der Waals surface area contributed by atoms with Gasteiger partial charge < -0.3 is 15.3 Å². The van der Waals surface area contributed by atoms with Crippen LogP contribution in [0, 0.1) is 5.92 Å². The molecule has 27 heavy (non-hydrogen) atoms. The number of phenols is 2. The van der Waals surface area contributed by atoms with Crippen molar-refractivity contribution in [1.29, 1.82) is 0 Å². The Hall–Kier alpha value is -2.98. The van der Waals surface area contributed by atoms with Crippen molar-refractivity contribution in [3.63, 3.8) is 0 Å². The van der Waals surface area contributed by atoms with Crippen LogP contribution in [0.5, 0.6) is 11.5 Å². The van der Waals surface area contributed by atoms with Crippen molar-refractivity contribution in [2.24, 2.45) is 5.92 Å². The van der Waals surface area contributed by atoms with Gasteiger partial charge in [0.2, 0.25) is 0 Å². The highest BCUT2D eigenvalue weighted by molar-refractivity contribution is 5.36. The first-order chi connectivity index (χ1) is 13.0. The van der Waals surface area contributed by atoms with E-state index in [4.69, 9.17) is 0 Å². The van der Waals surface area contributed by atoms with Crippen LogP contribution in [-0.2, 0) is 13.1 Å². The molecule has 4 nitrogen and oxygen atoms in total. The summed E-state index contributed by atoms with van der Waals surface area (Å²) in [4.78, 5) is 2.09. The lowest BCUT2D eigenvalue weighted by molar-refractivity contribution is 0.268. The van der Waals surface area contributed by atoms with Gasteiger partial charge in [0.05, 0.1) is 0 Å². The summed E-state index contributed by atoms with van der Waals surface area (Å²) in [5, 5.41) is 30.7. The lowest BCUT2D eigenvalue weighted by atomic mass is 10.1. The normalized spacial score (nSPS) is 16.7. The molecule has 0 amide bonds. The number of nitrogens with zero attached hydrogens (tertiary/aromatic N) is 1. The van der Waals surface area contributed by atoms with Crippen LogP contribution in [-0.4, -0.2) is 26.8 Å². The van der Waals surface area contributed by atoms with Crippen LogP contribution >= 0.6 is 0 Å². The van der Waals surface area contributed by atoms with Gasteiger partial charge in [-0.25, -0.2) is 0 Å². The zero-order valence-corrected chi connectivity index (χ0v) is 15.4. The molecule has 0 aromatic heterocycles. The Morgan fingerprint density at radius 2 is 1.26 bits per heavy atom. The predicted octanol–water partition coefficient (Wildman–Crippen LogP) is 4.67. The van der Waals surface area contributed by atoms with Crippen LogP contribution in [0.25, 0.3) is 0 Å². The highest BCUT2D eigenvalue weighted by atomic mass is 16.3. The minimum atomic E-state index is 0.239. The number of rotatable bonds is 6. The molecule has 4 heteroatoms. The number of aliphatic hydroxyl groups excluding tert-OH is 1. The number of phenolic OH excluding ortho intramolecular Hbond substituents is 2. The fraction of sp³-hybridized carbons (Fsp3) is 0.217. The second-order valence-corrected chi connectivity index (χ2v) is 6.89. The summed E-state index contributed by atoms with van der Waals surface area (Å²) in [5.74, 6) is 0.982. The Balaban J connectivity index is 1.87. The predicted molar refractivity (Wildman–Crippen MR) is 107 cm³/mol. The van der Waals surface area contributed by atoms with Crippen molar-refractivity contribution in [2.75, 3.05) is 6.54 Å². The molecule has 0 saturated heterocycles. The van der Waals surface area contributed by atoms with Crippen LogP contribution in [0.1, 0.15) is 18.1 Å². The fourth-order valence-corrected chi connectivity index (χ4v) is 3.08. The summed E-state index contributed by atoms with van der Waals surface area (Å²) in [6.45, 7) is 3.53. The first-order valence-corrected chi connectivity index (χ1v) is 9.07. The topological polar surface area (TPSA) is 63.9 Å². The van der Waals surface area contributed by atoms with Crippen molar-refractivity contribution < 1.29 is 15.3 Å². The molecular weight excluding hydrogens is 338 g/mol. The Morgan fingerprint density at radius 3 is 1.81 bits per heavy atom.